The molecule has 1 N–H and O–H groups in total. The summed E-state index contributed by atoms with van der Waals surface area (Å²) in [7, 11) is 1.23. The van der Waals surface area contributed by atoms with Crippen molar-refractivity contribution in [3.63, 3.8) is 0 Å². The number of carbonyl (C=O) groups excluding carboxylic acids is 3. The first kappa shape index (κ1) is 18.3. The second kappa shape index (κ2) is 7.38. The van der Waals surface area contributed by atoms with Gasteiger partial charge in [-0.05, 0) is 48.2 Å². The molecule has 3 rings (SSSR count). The Morgan fingerprint density at radius 2 is 2.12 bits per heavy atom. The lowest BCUT2D eigenvalue weighted by Gasteiger charge is -2.10. The van der Waals surface area contributed by atoms with Crippen LogP contribution in [0.3, 0.4) is 0 Å². The summed E-state index contributed by atoms with van der Waals surface area (Å²) in [6.07, 6.45) is 1.45. The first-order chi connectivity index (χ1) is 12.4. The summed E-state index contributed by atoms with van der Waals surface area (Å²) in [5, 5.41) is 9.42. The predicted octanol–water partition coefficient (Wildman–Crippen LogP) is 3.77. The SMILES string of the molecule is COC(=O)c1ccc(CN2C(=O)S/C(=C/c3cc(Br)ccc3O)C2=O)o1. The third-order valence-corrected chi connectivity index (χ3v) is 4.91. The van der Waals surface area contributed by atoms with E-state index in [1.54, 1.807) is 12.1 Å². The zero-order chi connectivity index (χ0) is 18.8. The second-order valence-corrected chi connectivity index (χ2v) is 7.14. The van der Waals surface area contributed by atoms with Crippen molar-refractivity contribution in [3.8, 4) is 5.75 Å². The molecule has 1 fully saturated rings. The number of methoxy groups -OCH3 is 1. The van der Waals surface area contributed by atoms with Crippen LogP contribution in [0.4, 0.5) is 4.79 Å². The van der Waals surface area contributed by atoms with Gasteiger partial charge in [-0.2, -0.15) is 0 Å². The molecule has 2 heterocycles. The molecule has 1 aliphatic rings. The van der Waals surface area contributed by atoms with Crippen LogP contribution in [0.1, 0.15) is 21.9 Å². The summed E-state index contributed by atoms with van der Waals surface area (Å²) in [4.78, 5) is 37.3. The van der Waals surface area contributed by atoms with Crippen molar-refractivity contribution < 1.29 is 28.6 Å². The fourth-order valence-corrected chi connectivity index (χ4v) is 3.46. The van der Waals surface area contributed by atoms with Crippen LogP contribution in [-0.2, 0) is 16.1 Å². The molecule has 1 aromatic heterocycles. The van der Waals surface area contributed by atoms with E-state index >= 15 is 0 Å². The van der Waals surface area contributed by atoms with Gasteiger partial charge in [-0.25, -0.2) is 4.79 Å². The van der Waals surface area contributed by atoms with Gasteiger partial charge < -0.3 is 14.3 Å². The molecule has 0 radical (unpaired) electrons. The Morgan fingerprint density at radius 1 is 1.35 bits per heavy atom. The molecule has 1 aliphatic heterocycles. The van der Waals surface area contributed by atoms with Gasteiger partial charge >= 0.3 is 5.97 Å². The van der Waals surface area contributed by atoms with E-state index < -0.39 is 17.1 Å². The average molecular weight is 438 g/mol. The molecule has 0 spiro atoms. The third-order valence-electron chi connectivity index (χ3n) is 3.51. The number of thioether (sulfide) groups is 1. The first-order valence-corrected chi connectivity index (χ1v) is 8.91. The van der Waals surface area contributed by atoms with Gasteiger partial charge in [0.1, 0.15) is 11.5 Å². The molecule has 0 unspecified atom stereocenters. The highest BCUT2D eigenvalue weighted by molar-refractivity contribution is 9.10. The van der Waals surface area contributed by atoms with Crippen molar-refractivity contribution in [2.45, 2.75) is 6.54 Å². The highest BCUT2D eigenvalue weighted by Gasteiger charge is 2.36. The molecule has 7 nitrogen and oxygen atoms in total. The number of esters is 1. The maximum absolute atomic E-state index is 12.5. The molecule has 9 heteroatoms. The summed E-state index contributed by atoms with van der Waals surface area (Å²) < 4.78 is 10.6. The molecule has 2 amide bonds. The van der Waals surface area contributed by atoms with Gasteiger partial charge in [0.15, 0.2) is 0 Å². The lowest BCUT2D eigenvalue weighted by atomic mass is 10.2. The Bertz CT molecular complexity index is 935. The maximum atomic E-state index is 12.5. The zero-order valence-electron chi connectivity index (χ0n) is 13.4. The second-order valence-electron chi connectivity index (χ2n) is 5.23. The molecule has 0 atom stereocenters. The molecule has 1 aromatic carbocycles. The van der Waals surface area contributed by atoms with Crippen molar-refractivity contribution in [1.82, 2.24) is 4.90 Å². The number of amides is 2. The number of aromatic hydroxyl groups is 1. The molecule has 2 aromatic rings. The number of hydrogen-bond donors (Lipinski definition) is 1. The Kier molecular flexibility index (Phi) is 5.19. The number of imide groups is 1. The fourth-order valence-electron chi connectivity index (χ4n) is 2.25. The van der Waals surface area contributed by atoms with E-state index in [1.807, 2.05) is 0 Å². The van der Waals surface area contributed by atoms with Crippen molar-refractivity contribution >= 4 is 50.9 Å². The number of nitrogens with zero attached hydrogens (tertiary/aromatic N) is 1. The van der Waals surface area contributed by atoms with Crippen molar-refractivity contribution in [3.05, 3.63) is 56.8 Å². The van der Waals surface area contributed by atoms with Crippen molar-refractivity contribution in [2.24, 2.45) is 0 Å². The van der Waals surface area contributed by atoms with Gasteiger partial charge in [0, 0.05) is 10.0 Å². The number of ether oxygens (including phenoxy) is 1. The van der Waals surface area contributed by atoms with E-state index in [9.17, 15) is 19.5 Å². The zero-order valence-corrected chi connectivity index (χ0v) is 15.8. The van der Waals surface area contributed by atoms with Crippen LogP contribution in [-0.4, -0.2) is 34.2 Å². The van der Waals surface area contributed by atoms with Crippen molar-refractivity contribution in [2.75, 3.05) is 7.11 Å². The largest absolute Gasteiger partial charge is 0.507 e. The molecule has 1 saturated heterocycles. The van der Waals surface area contributed by atoms with Gasteiger partial charge in [-0.1, -0.05) is 15.9 Å². The van der Waals surface area contributed by atoms with Gasteiger partial charge in [-0.15, -0.1) is 0 Å². The van der Waals surface area contributed by atoms with Crippen LogP contribution in [0.2, 0.25) is 0 Å². The van der Waals surface area contributed by atoms with Crippen LogP contribution in [0.25, 0.3) is 6.08 Å². The monoisotopic (exact) mass is 437 g/mol. The average Bonchev–Trinajstić information content (AvgIpc) is 3.18. The molecule has 0 saturated carbocycles. The minimum atomic E-state index is -0.643. The summed E-state index contributed by atoms with van der Waals surface area (Å²) in [6.45, 7) is -0.108. The van der Waals surface area contributed by atoms with E-state index in [0.29, 0.717) is 5.56 Å². The minimum absolute atomic E-state index is 0.00578. The standard InChI is InChI=1S/C17H12BrNO6S/c1-24-16(22)13-5-3-11(25-13)8-19-15(21)14(26-17(19)23)7-9-6-10(18)2-4-12(9)20/h2-7,20H,8H2,1H3/b14-7+. The topological polar surface area (TPSA) is 97.0 Å². The van der Waals surface area contributed by atoms with Crippen LogP contribution in [0, 0.1) is 0 Å². The van der Waals surface area contributed by atoms with E-state index in [4.69, 9.17) is 4.42 Å². The quantitative estimate of drug-likeness (QED) is 0.573. The van der Waals surface area contributed by atoms with E-state index in [-0.39, 0.29) is 28.7 Å². The molecule has 0 aliphatic carbocycles. The van der Waals surface area contributed by atoms with Crippen LogP contribution in [0.5, 0.6) is 5.75 Å². The Morgan fingerprint density at radius 3 is 2.85 bits per heavy atom. The smallest absolute Gasteiger partial charge is 0.373 e. The minimum Gasteiger partial charge on any atom is -0.507 e. The van der Waals surface area contributed by atoms with Crippen LogP contribution >= 0.6 is 27.7 Å². The number of hydrogen-bond acceptors (Lipinski definition) is 7. The molecule has 0 bridgehead atoms. The molecular formula is C17H12BrNO6S. The number of furan rings is 1. The van der Waals surface area contributed by atoms with Gasteiger partial charge in [-0.3, -0.25) is 14.5 Å². The number of halogens is 1. The lowest BCUT2D eigenvalue weighted by molar-refractivity contribution is -0.123. The number of phenolic OH excluding ortho intramolecular Hbond substituents is 1. The number of phenols is 1. The maximum Gasteiger partial charge on any atom is 0.373 e. The van der Waals surface area contributed by atoms with Gasteiger partial charge in [0.2, 0.25) is 5.76 Å². The molecule has 26 heavy (non-hydrogen) atoms. The highest BCUT2D eigenvalue weighted by atomic mass is 79.9. The summed E-state index contributed by atoms with van der Waals surface area (Å²) >= 11 is 4.06. The van der Waals surface area contributed by atoms with Crippen LogP contribution < -0.4 is 0 Å². The fraction of sp³-hybridized carbons (Fsp3) is 0.118. The highest BCUT2D eigenvalue weighted by Crippen LogP contribution is 2.35. The normalized spacial score (nSPS) is 15.8. The van der Waals surface area contributed by atoms with E-state index in [1.165, 1.54) is 31.4 Å². The Labute approximate surface area is 160 Å². The van der Waals surface area contributed by atoms with Crippen LogP contribution in [0.15, 0.2) is 44.1 Å². The van der Waals surface area contributed by atoms with E-state index in [0.717, 1.165) is 21.1 Å². The van der Waals surface area contributed by atoms with E-state index in [2.05, 4.69) is 20.7 Å². The van der Waals surface area contributed by atoms with Gasteiger partial charge in [0.25, 0.3) is 11.1 Å². The van der Waals surface area contributed by atoms with Crippen molar-refractivity contribution in [1.29, 1.82) is 0 Å². The molecule has 134 valence electrons. The summed E-state index contributed by atoms with van der Waals surface area (Å²) in [6, 6.07) is 7.69. The predicted molar refractivity (Wildman–Crippen MR) is 97.4 cm³/mol. The summed E-state index contributed by atoms with van der Waals surface area (Å²) in [5.41, 5.74) is 0.413. The van der Waals surface area contributed by atoms with Gasteiger partial charge in [0.05, 0.1) is 18.6 Å². The Hall–Kier alpha value is -2.52. The third kappa shape index (κ3) is 3.68. The first-order valence-electron chi connectivity index (χ1n) is 7.30. The molecular weight excluding hydrogens is 426 g/mol. The Balaban J connectivity index is 1.81. The number of carbonyl (C=O) groups is 3. The number of benzene rings is 1. The number of rotatable bonds is 4. The lowest BCUT2D eigenvalue weighted by Crippen LogP contribution is -2.27. The summed E-state index contributed by atoms with van der Waals surface area (Å²) in [5.74, 6) is -0.886.